The highest BCUT2D eigenvalue weighted by atomic mass is 32.2. The number of aryl methyl sites for hydroxylation is 2. The number of nitrogens with one attached hydrogen (secondary N) is 1. The average molecular weight is 292 g/mol. The summed E-state index contributed by atoms with van der Waals surface area (Å²) in [6.45, 7) is 3.93. The van der Waals surface area contributed by atoms with Gasteiger partial charge in [0, 0.05) is 22.5 Å². The quantitative estimate of drug-likeness (QED) is 0.841. The number of carbonyl (C=O) groups is 1. The van der Waals surface area contributed by atoms with E-state index < -0.39 is 0 Å². The van der Waals surface area contributed by atoms with Gasteiger partial charge in [-0.15, -0.1) is 0 Å². The number of thioether (sulfide) groups is 1. The van der Waals surface area contributed by atoms with Gasteiger partial charge in [-0.05, 0) is 63.0 Å². The van der Waals surface area contributed by atoms with Gasteiger partial charge >= 0.3 is 0 Å². The van der Waals surface area contributed by atoms with Gasteiger partial charge in [-0.2, -0.15) is 11.8 Å². The molecule has 1 aromatic rings. The molecule has 1 aliphatic rings. The predicted molar refractivity (Wildman–Crippen MR) is 87.4 cm³/mol. The van der Waals surface area contributed by atoms with Gasteiger partial charge in [0.05, 0.1) is 0 Å². The summed E-state index contributed by atoms with van der Waals surface area (Å²) < 4.78 is 0. The smallest absolute Gasteiger partial charge is 0.251 e. The number of nitrogen functional groups attached to an aromatic ring is 1. The van der Waals surface area contributed by atoms with E-state index in [4.69, 9.17) is 5.73 Å². The second-order valence-electron chi connectivity index (χ2n) is 5.71. The van der Waals surface area contributed by atoms with E-state index in [2.05, 4.69) is 11.6 Å². The van der Waals surface area contributed by atoms with Crippen LogP contribution < -0.4 is 11.1 Å². The molecule has 0 unspecified atom stereocenters. The summed E-state index contributed by atoms with van der Waals surface area (Å²) in [4.78, 5) is 12.4. The van der Waals surface area contributed by atoms with Gasteiger partial charge < -0.3 is 11.1 Å². The molecular weight excluding hydrogens is 268 g/mol. The monoisotopic (exact) mass is 292 g/mol. The van der Waals surface area contributed by atoms with Crippen LogP contribution in [0.25, 0.3) is 0 Å². The Morgan fingerprint density at radius 2 is 1.85 bits per heavy atom. The van der Waals surface area contributed by atoms with Crippen molar-refractivity contribution in [3.05, 3.63) is 28.8 Å². The number of amides is 1. The minimum Gasteiger partial charge on any atom is -0.398 e. The maximum Gasteiger partial charge on any atom is 0.251 e. The van der Waals surface area contributed by atoms with Gasteiger partial charge in [0.2, 0.25) is 0 Å². The first-order chi connectivity index (χ1) is 9.51. The SMILES string of the molecule is CSC1CCC(NC(=O)c2cc(N)c(C)cc2C)CC1. The van der Waals surface area contributed by atoms with E-state index in [1.165, 1.54) is 12.8 Å². The van der Waals surface area contributed by atoms with E-state index >= 15 is 0 Å². The number of benzene rings is 1. The number of rotatable bonds is 3. The van der Waals surface area contributed by atoms with Crippen molar-refractivity contribution >= 4 is 23.4 Å². The summed E-state index contributed by atoms with van der Waals surface area (Å²) in [5.74, 6) is 0.0156. The zero-order chi connectivity index (χ0) is 14.7. The second-order valence-corrected chi connectivity index (χ2v) is 6.84. The molecule has 1 aromatic carbocycles. The van der Waals surface area contributed by atoms with Crippen molar-refractivity contribution < 1.29 is 4.79 Å². The Morgan fingerprint density at radius 1 is 1.20 bits per heavy atom. The third kappa shape index (κ3) is 3.48. The normalized spacial score (nSPS) is 22.6. The van der Waals surface area contributed by atoms with E-state index in [0.717, 1.165) is 29.2 Å². The van der Waals surface area contributed by atoms with Crippen molar-refractivity contribution in [2.24, 2.45) is 0 Å². The van der Waals surface area contributed by atoms with E-state index in [1.807, 2.05) is 31.7 Å². The van der Waals surface area contributed by atoms with E-state index in [9.17, 15) is 4.79 Å². The fourth-order valence-corrected chi connectivity index (χ4v) is 3.56. The third-order valence-electron chi connectivity index (χ3n) is 4.20. The molecule has 1 saturated carbocycles. The molecule has 3 N–H and O–H groups in total. The number of nitrogens with two attached hydrogens (primary N) is 1. The minimum absolute atomic E-state index is 0.0156. The predicted octanol–water partition coefficient (Wildman–Crippen LogP) is 3.29. The summed E-state index contributed by atoms with van der Waals surface area (Å²) in [6.07, 6.45) is 6.72. The Balaban J connectivity index is 2.01. The summed E-state index contributed by atoms with van der Waals surface area (Å²) >= 11 is 1.94. The molecule has 2 rings (SSSR count). The van der Waals surface area contributed by atoms with Gasteiger partial charge in [0.15, 0.2) is 0 Å². The first-order valence-electron chi connectivity index (χ1n) is 7.21. The molecule has 0 bridgehead atoms. The lowest BCUT2D eigenvalue weighted by Crippen LogP contribution is -2.38. The fourth-order valence-electron chi connectivity index (χ4n) is 2.82. The maximum atomic E-state index is 12.4. The van der Waals surface area contributed by atoms with E-state index in [-0.39, 0.29) is 5.91 Å². The van der Waals surface area contributed by atoms with Crippen LogP contribution in [-0.2, 0) is 0 Å². The number of carbonyl (C=O) groups excluding carboxylic acids is 1. The van der Waals surface area contributed by atoms with Crippen LogP contribution in [0.4, 0.5) is 5.69 Å². The molecule has 1 aliphatic carbocycles. The number of hydrogen-bond donors (Lipinski definition) is 2. The Bertz CT molecular complexity index is 493. The zero-order valence-corrected chi connectivity index (χ0v) is 13.3. The van der Waals surface area contributed by atoms with Gasteiger partial charge in [-0.25, -0.2) is 0 Å². The number of anilines is 1. The second kappa shape index (κ2) is 6.53. The van der Waals surface area contributed by atoms with E-state index in [1.54, 1.807) is 6.07 Å². The maximum absolute atomic E-state index is 12.4. The lowest BCUT2D eigenvalue weighted by atomic mass is 9.94. The van der Waals surface area contributed by atoms with Crippen LogP contribution in [0.5, 0.6) is 0 Å². The molecule has 0 heterocycles. The van der Waals surface area contributed by atoms with Crippen LogP contribution in [0.15, 0.2) is 12.1 Å². The van der Waals surface area contributed by atoms with Crippen molar-refractivity contribution in [1.82, 2.24) is 5.32 Å². The molecule has 0 aromatic heterocycles. The Labute approximate surface area is 125 Å². The van der Waals surface area contributed by atoms with Crippen LogP contribution in [0.2, 0.25) is 0 Å². The Morgan fingerprint density at radius 3 is 2.45 bits per heavy atom. The van der Waals surface area contributed by atoms with Crippen molar-refractivity contribution in [2.75, 3.05) is 12.0 Å². The summed E-state index contributed by atoms with van der Waals surface area (Å²) in [5, 5.41) is 3.93. The summed E-state index contributed by atoms with van der Waals surface area (Å²) in [5.41, 5.74) is 9.33. The summed E-state index contributed by atoms with van der Waals surface area (Å²) in [7, 11) is 0. The highest BCUT2D eigenvalue weighted by Crippen LogP contribution is 2.27. The van der Waals surface area contributed by atoms with Crippen LogP contribution in [-0.4, -0.2) is 23.5 Å². The van der Waals surface area contributed by atoms with Gasteiger partial charge in [-0.1, -0.05) is 6.07 Å². The molecule has 1 fully saturated rings. The van der Waals surface area contributed by atoms with Crippen molar-refractivity contribution in [3.63, 3.8) is 0 Å². The molecule has 3 nitrogen and oxygen atoms in total. The molecule has 0 saturated heterocycles. The van der Waals surface area contributed by atoms with Gasteiger partial charge in [-0.3, -0.25) is 4.79 Å². The molecule has 0 aliphatic heterocycles. The molecule has 110 valence electrons. The highest BCUT2D eigenvalue weighted by molar-refractivity contribution is 7.99. The standard InChI is InChI=1S/C16H24N2OS/c1-10-8-11(2)15(17)9-14(10)16(19)18-12-4-6-13(20-3)7-5-12/h8-9,12-13H,4-7,17H2,1-3H3,(H,18,19). The first-order valence-corrected chi connectivity index (χ1v) is 8.50. The lowest BCUT2D eigenvalue weighted by Gasteiger charge is -2.28. The van der Waals surface area contributed by atoms with Crippen molar-refractivity contribution in [3.8, 4) is 0 Å². The van der Waals surface area contributed by atoms with Crippen LogP contribution in [0.1, 0.15) is 47.2 Å². The molecule has 20 heavy (non-hydrogen) atoms. The highest BCUT2D eigenvalue weighted by Gasteiger charge is 2.22. The molecule has 1 amide bonds. The van der Waals surface area contributed by atoms with Gasteiger partial charge in [0.1, 0.15) is 0 Å². The van der Waals surface area contributed by atoms with Crippen molar-refractivity contribution in [1.29, 1.82) is 0 Å². The average Bonchev–Trinajstić information content (AvgIpc) is 2.43. The summed E-state index contributed by atoms with van der Waals surface area (Å²) in [6, 6.07) is 4.09. The largest absolute Gasteiger partial charge is 0.398 e. The third-order valence-corrected chi connectivity index (χ3v) is 5.34. The Hall–Kier alpha value is -1.16. The van der Waals surface area contributed by atoms with Gasteiger partial charge in [0.25, 0.3) is 5.91 Å². The Kier molecular flexibility index (Phi) is 4.97. The molecule has 4 heteroatoms. The van der Waals surface area contributed by atoms with Crippen LogP contribution in [0, 0.1) is 13.8 Å². The topological polar surface area (TPSA) is 55.1 Å². The number of hydrogen-bond acceptors (Lipinski definition) is 3. The van der Waals surface area contributed by atoms with E-state index in [0.29, 0.717) is 17.3 Å². The van der Waals surface area contributed by atoms with Crippen LogP contribution >= 0.6 is 11.8 Å². The minimum atomic E-state index is 0.0156. The molecule has 0 atom stereocenters. The molecule has 0 radical (unpaired) electrons. The fraction of sp³-hybridized carbons (Fsp3) is 0.562. The molecular formula is C16H24N2OS. The van der Waals surface area contributed by atoms with Crippen molar-refractivity contribution in [2.45, 2.75) is 50.8 Å². The zero-order valence-electron chi connectivity index (χ0n) is 12.5. The lowest BCUT2D eigenvalue weighted by molar-refractivity contribution is 0.0927. The molecule has 0 spiro atoms. The van der Waals surface area contributed by atoms with Crippen LogP contribution in [0.3, 0.4) is 0 Å². The first kappa shape index (κ1) is 15.2.